The van der Waals surface area contributed by atoms with E-state index in [2.05, 4.69) is 9.97 Å². The Bertz CT molecular complexity index is 850. The third kappa shape index (κ3) is 2.41. The Morgan fingerprint density at radius 2 is 2.14 bits per heavy atom. The number of nitro groups is 1. The van der Waals surface area contributed by atoms with E-state index < -0.39 is 4.92 Å². The molecule has 0 bridgehead atoms. The minimum atomic E-state index is -0.470. The predicted molar refractivity (Wildman–Crippen MR) is 81.1 cm³/mol. The van der Waals surface area contributed by atoms with Gasteiger partial charge in [-0.25, -0.2) is 9.97 Å². The summed E-state index contributed by atoms with van der Waals surface area (Å²) in [6.45, 7) is 0. The Morgan fingerprint density at radius 1 is 1.33 bits per heavy atom. The van der Waals surface area contributed by atoms with Gasteiger partial charge in [-0.2, -0.15) is 0 Å². The van der Waals surface area contributed by atoms with Gasteiger partial charge in [0.05, 0.1) is 22.2 Å². The standard InChI is InChI=1S/C13H8ClN3O3S/c1-20-10-3-2-7(4-9(10)17(18)19)11-5-8-12(21-11)13(14)16-6-15-8/h2-6H,1H3. The first kappa shape index (κ1) is 13.7. The number of hydrogen-bond donors (Lipinski definition) is 0. The first-order chi connectivity index (χ1) is 10.1. The smallest absolute Gasteiger partial charge is 0.311 e. The number of ether oxygens (including phenoxy) is 1. The van der Waals surface area contributed by atoms with Crippen LogP contribution in [0.15, 0.2) is 30.6 Å². The molecule has 21 heavy (non-hydrogen) atoms. The molecule has 0 spiro atoms. The number of rotatable bonds is 3. The van der Waals surface area contributed by atoms with E-state index in [4.69, 9.17) is 16.3 Å². The molecule has 0 amide bonds. The predicted octanol–water partition coefficient (Wildman–Crippen LogP) is 3.93. The zero-order valence-corrected chi connectivity index (χ0v) is 12.3. The zero-order valence-electron chi connectivity index (χ0n) is 10.7. The normalized spacial score (nSPS) is 10.8. The van der Waals surface area contributed by atoms with Gasteiger partial charge in [0.25, 0.3) is 0 Å². The molecule has 0 atom stereocenters. The molecule has 0 saturated heterocycles. The molecule has 8 heteroatoms. The summed E-state index contributed by atoms with van der Waals surface area (Å²) in [7, 11) is 1.40. The summed E-state index contributed by atoms with van der Waals surface area (Å²) in [5, 5.41) is 11.5. The van der Waals surface area contributed by atoms with E-state index in [-0.39, 0.29) is 11.4 Å². The first-order valence-electron chi connectivity index (χ1n) is 5.83. The number of methoxy groups -OCH3 is 1. The van der Waals surface area contributed by atoms with E-state index in [0.717, 1.165) is 9.58 Å². The molecule has 1 aromatic carbocycles. The summed E-state index contributed by atoms with van der Waals surface area (Å²) >= 11 is 7.41. The van der Waals surface area contributed by atoms with Gasteiger partial charge in [-0.3, -0.25) is 10.1 Å². The van der Waals surface area contributed by atoms with Gasteiger partial charge in [0.1, 0.15) is 11.5 Å². The molecule has 3 aromatic rings. The molecule has 0 unspecified atom stereocenters. The molecule has 2 heterocycles. The Balaban J connectivity index is 2.16. The Hall–Kier alpha value is -2.25. The van der Waals surface area contributed by atoms with Gasteiger partial charge < -0.3 is 4.74 Å². The monoisotopic (exact) mass is 321 g/mol. The fraction of sp³-hybridized carbons (Fsp3) is 0.0769. The van der Waals surface area contributed by atoms with Crippen molar-refractivity contribution in [3.8, 4) is 16.2 Å². The number of fused-ring (bicyclic) bond motifs is 1. The maximum Gasteiger partial charge on any atom is 0.311 e. The minimum Gasteiger partial charge on any atom is -0.490 e. The van der Waals surface area contributed by atoms with E-state index in [0.29, 0.717) is 16.2 Å². The van der Waals surface area contributed by atoms with Crippen LogP contribution in [0.4, 0.5) is 5.69 Å². The molecule has 106 valence electrons. The van der Waals surface area contributed by atoms with Crippen molar-refractivity contribution < 1.29 is 9.66 Å². The second-order valence-corrected chi connectivity index (χ2v) is 5.54. The van der Waals surface area contributed by atoms with Crippen molar-refractivity contribution in [2.75, 3.05) is 7.11 Å². The Morgan fingerprint density at radius 3 is 2.81 bits per heavy atom. The van der Waals surface area contributed by atoms with Gasteiger partial charge in [-0.05, 0) is 23.8 Å². The number of hydrogen-bond acceptors (Lipinski definition) is 6. The van der Waals surface area contributed by atoms with Gasteiger partial charge in [-0.1, -0.05) is 11.6 Å². The Labute approximate surface area is 128 Å². The molecule has 2 aromatic heterocycles. The summed E-state index contributed by atoms with van der Waals surface area (Å²) < 4.78 is 5.75. The third-order valence-corrected chi connectivity index (χ3v) is 4.51. The molecule has 0 aliphatic rings. The van der Waals surface area contributed by atoms with Crippen LogP contribution >= 0.6 is 22.9 Å². The second-order valence-electron chi connectivity index (χ2n) is 4.13. The third-order valence-electron chi connectivity index (χ3n) is 2.93. The van der Waals surface area contributed by atoms with Gasteiger partial charge in [0, 0.05) is 10.9 Å². The van der Waals surface area contributed by atoms with Crippen LogP contribution < -0.4 is 4.74 Å². The largest absolute Gasteiger partial charge is 0.490 e. The lowest BCUT2D eigenvalue weighted by Crippen LogP contribution is -1.93. The molecule has 0 radical (unpaired) electrons. The van der Waals surface area contributed by atoms with Crippen molar-refractivity contribution in [2.45, 2.75) is 0 Å². The van der Waals surface area contributed by atoms with Crippen LogP contribution in [0.5, 0.6) is 5.75 Å². The summed E-state index contributed by atoms with van der Waals surface area (Å²) in [6.07, 6.45) is 1.39. The molecule has 0 aliphatic heterocycles. The van der Waals surface area contributed by atoms with Crippen LogP contribution in [0.3, 0.4) is 0 Å². The van der Waals surface area contributed by atoms with Gasteiger partial charge in [-0.15, -0.1) is 11.3 Å². The lowest BCUT2D eigenvalue weighted by atomic mass is 10.1. The summed E-state index contributed by atoms with van der Waals surface area (Å²) in [4.78, 5) is 19.5. The molecule has 3 rings (SSSR count). The van der Waals surface area contributed by atoms with Crippen molar-refractivity contribution in [2.24, 2.45) is 0 Å². The highest BCUT2D eigenvalue weighted by Gasteiger charge is 2.17. The quantitative estimate of drug-likeness (QED) is 0.415. The Kier molecular flexibility index (Phi) is 3.44. The lowest BCUT2D eigenvalue weighted by molar-refractivity contribution is -0.385. The van der Waals surface area contributed by atoms with Crippen molar-refractivity contribution >= 4 is 38.8 Å². The molecule has 0 N–H and O–H groups in total. The molecule has 0 saturated carbocycles. The van der Waals surface area contributed by atoms with E-state index in [1.54, 1.807) is 12.1 Å². The number of thiophene rings is 1. The van der Waals surface area contributed by atoms with Crippen molar-refractivity contribution in [1.29, 1.82) is 0 Å². The number of halogens is 1. The highest BCUT2D eigenvalue weighted by molar-refractivity contribution is 7.22. The van der Waals surface area contributed by atoms with E-state index in [9.17, 15) is 10.1 Å². The topological polar surface area (TPSA) is 78.2 Å². The number of nitro benzene ring substituents is 1. The SMILES string of the molecule is COc1ccc(-c2cc3ncnc(Cl)c3s2)cc1[N+](=O)[O-]. The van der Waals surface area contributed by atoms with Gasteiger partial charge in [0.15, 0.2) is 5.75 Å². The van der Waals surface area contributed by atoms with Crippen molar-refractivity contribution in [3.05, 3.63) is 45.9 Å². The van der Waals surface area contributed by atoms with Crippen molar-refractivity contribution in [3.63, 3.8) is 0 Å². The summed E-state index contributed by atoms with van der Waals surface area (Å²) in [6, 6.07) is 6.65. The highest BCUT2D eigenvalue weighted by Crippen LogP contribution is 2.38. The fourth-order valence-corrected chi connectivity index (χ4v) is 3.20. The fourth-order valence-electron chi connectivity index (χ4n) is 1.95. The first-order valence-corrected chi connectivity index (χ1v) is 7.02. The molecular weight excluding hydrogens is 314 g/mol. The molecule has 6 nitrogen and oxygen atoms in total. The zero-order chi connectivity index (χ0) is 15.0. The average Bonchev–Trinajstić information content (AvgIpc) is 2.92. The summed E-state index contributed by atoms with van der Waals surface area (Å²) in [5.74, 6) is 0.225. The van der Waals surface area contributed by atoms with Crippen molar-refractivity contribution in [1.82, 2.24) is 9.97 Å². The van der Waals surface area contributed by atoms with E-state index in [1.165, 1.54) is 30.8 Å². The van der Waals surface area contributed by atoms with Crippen LogP contribution in [0.2, 0.25) is 5.15 Å². The minimum absolute atomic E-state index is 0.0790. The molecular formula is C13H8ClN3O3S. The number of nitrogens with zero attached hydrogens (tertiary/aromatic N) is 3. The molecule has 0 fully saturated rings. The van der Waals surface area contributed by atoms with E-state index >= 15 is 0 Å². The van der Waals surface area contributed by atoms with Crippen LogP contribution in [0.1, 0.15) is 0 Å². The summed E-state index contributed by atoms with van der Waals surface area (Å²) in [5.41, 5.74) is 1.35. The van der Waals surface area contributed by atoms with Crippen LogP contribution in [0, 0.1) is 10.1 Å². The highest BCUT2D eigenvalue weighted by atomic mass is 35.5. The van der Waals surface area contributed by atoms with Gasteiger partial charge in [0.2, 0.25) is 0 Å². The maximum absolute atomic E-state index is 11.1. The maximum atomic E-state index is 11.1. The second kappa shape index (κ2) is 5.27. The molecule has 0 aliphatic carbocycles. The number of benzene rings is 1. The average molecular weight is 322 g/mol. The van der Waals surface area contributed by atoms with Gasteiger partial charge >= 0.3 is 5.69 Å². The number of aromatic nitrogens is 2. The van der Waals surface area contributed by atoms with Crippen LogP contribution in [-0.2, 0) is 0 Å². The van der Waals surface area contributed by atoms with Crippen LogP contribution in [0.25, 0.3) is 20.7 Å². The lowest BCUT2D eigenvalue weighted by Gasteiger charge is -2.03. The van der Waals surface area contributed by atoms with Crippen LogP contribution in [-0.4, -0.2) is 22.0 Å². The van der Waals surface area contributed by atoms with E-state index in [1.807, 2.05) is 6.07 Å².